The van der Waals surface area contributed by atoms with Gasteiger partial charge >= 0.3 is 0 Å². The molecule has 0 bridgehead atoms. The van der Waals surface area contributed by atoms with Gasteiger partial charge in [0.05, 0.1) is 20.2 Å². The molecule has 2 N–H and O–H groups in total. The molecule has 1 aliphatic rings. The van der Waals surface area contributed by atoms with E-state index in [1.165, 1.54) is 12.8 Å². The predicted molar refractivity (Wildman–Crippen MR) is 88.9 cm³/mol. The van der Waals surface area contributed by atoms with Crippen molar-refractivity contribution in [1.29, 1.82) is 0 Å². The van der Waals surface area contributed by atoms with E-state index >= 15 is 0 Å². The van der Waals surface area contributed by atoms with Gasteiger partial charge in [-0.2, -0.15) is 0 Å². The average Bonchev–Trinajstić information content (AvgIpc) is 3.29. The van der Waals surface area contributed by atoms with Crippen LogP contribution in [0.1, 0.15) is 19.8 Å². The Hall–Kier alpha value is -1.46. The normalized spacial score (nSPS) is 14.6. The highest BCUT2D eigenvalue weighted by atomic mass is 35.5. The fourth-order valence-electron chi connectivity index (χ4n) is 1.98. The molecular formula is C16H25ClN2O3. The molecule has 6 heteroatoms. The summed E-state index contributed by atoms with van der Waals surface area (Å²) in [6.45, 7) is 3.74. The molecule has 1 aromatic carbocycles. The Kier molecular flexibility index (Phi) is 8.06. The summed E-state index contributed by atoms with van der Waals surface area (Å²) in [4.78, 5) is 11.7. The molecule has 1 unspecified atom stereocenters. The summed E-state index contributed by atoms with van der Waals surface area (Å²) in [5.41, 5.74) is 0. The van der Waals surface area contributed by atoms with Crippen molar-refractivity contribution in [2.75, 3.05) is 26.7 Å². The lowest BCUT2D eigenvalue weighted by Crippen LogP contribution is -2.39. The van der Waals surface area contributed by atoms with E-state index in [-0.39, 0.29) is 24.4 Å². The van der Waals surface area contributed by atoms with Crippen LogP contribution in [0.2, 0.25) is 0 Å². The van der Waals surface area contributed by atoms with Crippen LogP contribution in [0.5, 0.6) is 11.5 Å². The van der Waals surface area contributed by atoms with Gasteiger partial charge in [-0.05, 0) is 44.4 Å². The number of halogens is 1. The lowest BCUT2D eigenvalue weighted by molar-refractivity contribution is -0.120. The summed E-state index contributed by atoms with van der Waals surface area (Å²) in [6.07, 6.45) is 2.49. The Morgan fingerprint density at radius 3 is 2.77 bits per heavy atom. The number of hydrogen-bond acceptors (Lipinski definition) is 4. The Morgan fingerprint density at radius 2 is 2.09 bits per heavy atom. The summed E-state index contributed by atoms with van der Waals surface area (Å²) in [5.74, 6) is 2.29. The first-order valence-corrected chi connectivity index (χ1v) is 7.45. The number of amides is 1. The van der Waals surface area contributed by atoms with E-state index in [0.717, 1.165) is 24.0 Å². The Labute approximate surface area is 138 Å². The Bertz CT molecular complexity index is 466. The minimum absolute atomic E-state index is 0. The van der Waals surface area contributed by atoms with Crippen molar-refractivity contribution in [3.63, 3.8) is 0 Å². The third-order valence-electron chi connectivity index (χ3n) is 3.38. The molecule has 124 valence electrons. The first-order valence-electron chi connectivity index (χ1n) is 7.45. The second kappa shape index (κ2) is 9.54. The number of methoxy groups -OCH3 is 1. The van der Waals surface area contributed by atoms with Gasteiger partial charge in [-0.3, -0.25) is 4.79 Å². The van der Waals surface area contributed by atoms with Crippen LogP contribution < -0.4 is 20.1 Å². The van der Waals surface area contributed by atoms with E-state index in [1.54, 1.807) is 7.11 Å². The molecule has 1 atom stereocenters. The molecular weight excluding hydrogens is 304 g/mol. The highest BCUT2D eigenvalue weighted by Gasteiger charge is 2.20. The molecule has 22 heavy (non-hydrogen) atoms. The minimum Gasteiger partial charge on any atom is -0.497 e. The zero-order chi connectivity index (χ0) is 15.1. The fourth-order valence-corrected chi connectivity index (χ4v) is 1.98. The number of ether oxygens (including phenoxy) is 2. The summed E-state index contributed by atoms with van der Waals surface area (Å²) in [6, 6.07) is 7.44. The van der Waals surface area contributed by atoms with E-state index in [4.69, 9.17) is 9.47 Å². The predicted octanol–water partition coefficient (Wildman–Crippen LogP) is 2.00. The van der Waals surface area contributed by atoms with Crippen LogP contribution >= 0.6 is 12.4 Å². The molecule has 1 saturated carbocycles. The lowest BCUT2D eigenvalue weighted by atomic mass is 10.3. The molecule has 1 aliphatic carbocycles. The number of carbonyl (C=O) groups excluding carboxylic acids is 1. The van der Waals surface area contributed by atoms with Crippen molar-refractivity contribution in [3.05, 3.63) is 24.3 Å². The Balaban J connectivity index is 0.00000242. The van der Waals surface area contributed by atoms with Crippen LogP contribution in [0.15, 0.2) is 24.3 Å². The number of rotatable bonds is 9. The van der Waals surface area contributed by atoms with Crippen molar-refractivity contribution in [2.24, 2.45) is 5.92 Å². The van der Waals surface area contributed by atoms with Crippen molar-refractivity contribution in [3.8, 4) is 11.5 Å². The smallest absolute Gasteiger partial charge is 0.234 e. The van der Waals surface area contributed by atoms with Crippen LogP contribution in [0, 0.1) is 5.92 Å². The van der Waals surface area contributed by atoms with Gasteiger partial charge in [0.25, 0.3) is 0 Å². The van der Waals surface area contributed by atoms with E-state index < -0.39 is 0 Å². The van der Waals surface area contributed by atoms with Gasteiger partial charge in [-0.1, -0.05) is 6.07 Å². The third kappa shape index (κ3) is 7.00. The van der Waals surface area contributed by atoms with E-state index in [1.807, 2.05) is 31.2 Å². The molecule has 0 saturated heterocycles. The van der Waals surface area contributed by atoms with Crippen LogP contribution in [-0.4, -0.2) is 38.8 Å². The van der Waals surface area contributed by atoms with Gasteiger partial charge in [0.1, 0.15) is 17.6 Å². The molecule has 5 nitrogen and oxygen atoms in total. The number of benzene rings is 1. The summed E-state index contributed by atoms with van der Waals surface area (Å²) < 4.78 is 10.9. The average molecular weight is 329 g/mol. The van der Waals surface area contributed by atoms with Gasteiger partial charge < -0.3 is 20.1 Å². The van der Waals surface area contributed by atoms with E-state index in [2.05, 4.69) is 10.6 Å². The summed E-state index contributed by atoms with van der Waals surface area (Å²) >= 11 is 0. The van der Waals surface area contributed by atoms with E-state index in [9.17, 15) is 4.79 Å². The highest BCUT2D eigenvalue weighted by Crippen LogP contribution is 2.27. The first kappa shape index (κ1) is 18.6. The largest absolute Gasteiger partial charge is 0.497 e. The number of carbonyl (C=O) groups is 1. The SMILES string of the molecule is COc1cccc(OC(C)CNC(=O)CNCC2CC2)c1.Cl. The molecule has 1 amide bonds. The quantitative estimate of drug-likeness (QED) is 0.728. The van der Waals surface area contributed by atoms with Crippen molar-refractivity contribution in [1.82, 2.24) is 10.6 Å². The molecule has 1 aromatic rings. The molecule has 0 heterocycles. The number of nitrogens with one attached hydrogen (secondary N) is 2. The second-order valence-corrected chi connectivity index (χ2v) is 5.49. The molecule has 1 fully saturated rings. The van der Waals surface area contributed by atoms with Crippen molar-refractivity contribution in [2.45, 2.75) is 25.9 Å². The van der Waals surface area contributed by atoms with Crippen LogP contribution in [0.4, 0.5) is 0 Å². The highest BCUT2D eigenvalue weighted by molar-refractivity contribution is 5.85. The van der Waals surface area contributed by atoms with Gasteiger partial charge in [0.15, 0.2) is 0 Å². The minimum atomic E-state index is -0.0931. The van der Waals surface area contributed by atoms with Gasteiger partial charge in [-0.25, -0.2) is 0 Å². The summed E-state index contributed by atoms with van der Waals surface area (Å²) in [5, 5.41) is 6.03. The zero-order valence-electron chi connectivity index (χ0n) is 13.1. The lowest BCUT2D eigenvalue weighted by Gasteiger charge is -2.16. The molecule has 0 spiro atoms. The maximum absolute atomic E-state index is 11.7. The summed E-state index contributed by atoms with van der Waals surface area (Å²) in [7, 11) is 1.62. The fraction of sp³-hybridized carbons (Fsp3) is 0.562. The second-order valence-electron chi connectivity index (χ2n) is 5.49. The van der Waals surface area contributed by atoms with Gasteiger partial charge in [0, 0.05) is 6.07 Å². The van der Waals surface area contributed by atoms with E-state index in [0.29, 0.717) is 13.1 Å². The van der Waals surface area contributed by atoms with Crippen LogP contribution in [-0.2, 0) is 4.79 Å². The maximum Gasteiger partial charge on any atom is 0.234 e. The standard InChI is InChI=1S/C16H24N2O3.ClH/c1-12(21-15-5-3-4-14(8-15)20-2)9-18-16(19)11-17-10-13-6-7-13;/h3-5,8,12-13,17H,6-7,9-11H2,1-2H3,(H,18,19);1H. The topological polar surface area (TPSA) is 59.6 Å². The third-order valence-corrected chi connectivity index (χ3v) is 3.38. The first-order chi connectivity index (χ1) is 10.2. The molecule has 2 rings (SSSR count). The number of hydrogen-bond donors (Lipinski definition) is 2. The Morgan fingerprint density at radius 1 is 1.36 bits per heavy atom. The van der Waals surface area contributed by atoms with Gasteiger partial charge in [-0.15, -0.1) is 12.4 Å². The van der Waals surface area contributed by atoms with Crippen molar-refractivity contribution >= 4 is 18.3 Å². The molecule has 0 aliphatic heterocycles. The molecule has 0 radical (unpaired) electrons. The monoisotopic (exact) mass is 328 g/mol. The van der Waals surface area contributed by atoms with Crippen LogP contribution in [0.3, 0.4) is 0 Å². The van der Waals surface area contributed by atoms with Crippen molar-refractivity contribution < 1.29 is 14.3 Å². The van der Waals surface area contributed by atoms with Gasteiger partial charge in [0.2, 0.25) is 5.91 Å². The molecule has 0 aromatic heterocycles. The maximum atomic E-state index is 11.7. The van der Waals surface area contributed by atoms with Crippen LogP contribution in [0.25, 0.3) is 0 Å². The zero-order valence-corrected chi connectivity index (χ0v) is 13.9.